The summed E-state index contributed by atoms with van der Waals surface area (Å²) >= 11 is 12.0. The van der Waals surface area contributed by atoms with Crippen LogP contribution in [0.2, 0.25) is 10.0 Å². The van der Waals surface area contributed by atoms with Gasteiger partial charge in [-0.15, -0.1) is 0 Å². The summed E-state index contributed by atoms with van der Waals surface area (Å²) in [5, 5.41) is 0.234. The zero-order chi connectivity index (χ0) is 15.3. The minimum Gasteiger partial charge on any atom is -0.484 e. The molecule has 105 valence electrons. The second-order valence-corrected chi connectivity index (χ2v) is 4.64. The first-order valence-electron chi connectivity index (χ1n) is 5.57. The second-order valence-electron chi connectivity index (χ2n) is 3.88. The standard InChI is InChI=1S/C14H11Cl2O4/c1-8(18)11(9(2)19)7-10-3-4-12(20-6-5-17)14(16)13(10)15/h3-4,7H,6H2,1-2H3. The minimum absolute atomic E-state index is 0.0258. The molecule has 0 spiro atoms. The van der Waals surface area contributed by atoms with E-state index in [-0.39, 0.29) is 39.5 Å². The van der Waals surface area contributed by atoms with E-state index in [1.54, 1.807) is 12.4 Å². The third-order valence-electron chi connectivity index (χ3n) is 2.42. The van der Waals surface area contributed by atoms with Crippen LogP contribution in [0.5, 0.6) is 5.75 Å². The van der Waals surface area contributed by atoms with E-state index in [4.69, 9.17) is 27.9 Å². The molecule has 1 rings (SSSR count). The van der Waals surface area contributed by atoms with Crippen molar-refractivity contribution in [3.63, 3.8) is 0 Å². The van der Waals surface area contributed by atoms with Gasteiger partial charge in [-0.1, -0.05) is 23.2 Å². The summed E-state index contributed by atoms with van der Waals surface area (Å²) < 4.78 is 5.03. The maximum absolute atomic E-state index is 11.4. The average Bonchev–Trinajstić information content (AvgIpc) is 2.38. The molecule has 6 heteroatoms. The van der Waals surface area contributed by atoms with Crippen molar-refractivity contribution in [3.05, 3.63) is 33.3 Å². The Kier molecular flexibility index (Phi) is 5.92. The number of ketones is 2. The van der Waals surface area contributed by atoms with Crippen LogP contribution in [-0.4, -0.2) is 24.5 Å². The van der Waals surface area contributed by atoms with E-state index in [9.17, 15) is 14.4 Å². The highest BCUT2D eigenvalue weighted by atomic mass is 35.5. The molecule has 4 nitrogen and oxygen atoms in total. The molecule has 0 amide bonds. The van der Waals surface area contributed by atoms with Crippen LogP contribution in [0.3, 0.4) is 0 Å². The number of halogens is 2. The molecule has 0 aromatic heterocycles. The number of hydrogen-bond donors (Lipinski definition) is 0. The van der Waals surface area contributed by atoms with Gasteiger partial charge in [-0.25, -0.2) is 0 Å². The maximum Gasteiger partial charge on any atom is 0.239 e. The lowest BCUT2D eigenvalue weighted by Crippen LogP contribution is -2.06. The molecule has 0 aliphatic carbocycles. The zero-order valence-electron chi connectivity index (χ0n) is 10.8. The molecule has 0 saturated carbocycles. The largest absolute Gasteiger partial charge is 0.484 e. The predicted molar refractivity (Wildman–Crippen MR) is 77.0 cm³/mol. The SMILES string of the molecule is CC(=O)C(=Cc1ccc(OC[C]=O)c(Cl)c1Cl)C(C)=O. The topological polar surface area (TPSA) is 60.4 Å². The smallest absolute Gasteiger partial charge is 0.239 e. The van der Waals surface area contributed by atoms with Gasteiger partial charge in [0.2, 0.25) is 6.29 Å². The number of carbonyl (C=O) groups is 2. The van der Waals surface area contributed by atoms with E-state index < -0.39 is 0 Å². The van der Waals surface area contributed by atoms with Crippen molar-refractivity contribution in [2.24, 2.45) is 0 Å². The maximum atomic E-state index is 11.4. The van der Waals surface area contributed by atoms with Crippen LogP contribution in [0.4, 0.5) is 0 Å². The molecule has 0 saturated heterocycles. The third kappa shape index (κ3) is 3.92. The fraction of sp³-hybridized carbons (Fsp3) is 0.214. The Hall–Kier alpha value is -1.65. The summed E-state index contributed by atoms with van der Waals surface area (Å²) in [5.41, 5.74) is 0.442. The minimum atomic E-state index is -0.361. The van der Waals surface area contributed by atoms with Crippen molar-refractivity contribution in [2.45, 2.75) is 13.8 Å². The van der Waals surface area contributed by atoms with Crippen LogP contribution in [0.1, 0.15) is 19.4 Å². The summed E-state index contributed by atoms with van der Waals surface area (Å²) in [6.45, 7) is 2.32. The van der Waals surface area contributed by atoms with Gasteiger partial charge in [0.1, 0.15) is 10.8 Å². The van der Waals surface area contributed by atoms with Crippen LogP contribution >= 0.6 is 23.2 Å². The summed E-state index contributed by atoms with van der Waals surface area (Å²) in [6, 6.07) is 3.04. The van der Waals surface area contributed by atoms with Gasteiger partial charge in [0.25, 0.3) is 0 Å². The van der Waals surface area contributed by atoms with Crippen molar-refractivity contribution in [1.29, 1.82) is 0 Å². The molecule has 0 N–H and O–H groups in total. The summed E-state index contributed by atoms with van der Waals surface area (Å²) in [5.74, 6) is -0.495. The lowest BCUT2D eigenvalue weighted by Gasteiger charge is -2.09. The van der Waals surface area contributed by atoms with Gasteiger partial charge < -0.3 is 4.74 Å². The number of hydrogen-bond acceptors (Lipinski definition) is 4. The number of rotatable bonds is 6. The van der Waals surface area contributed by atoms with Crippen LogP contribution in [0.15, 0.2) is 17.7 Å². The number of benzene rings is 1. The Morgan fingerprint density at radius 1 is 1.20 bits per heavy atom. The molecule has 0 aliphatic heterocycles. The number of allylic oxidation sites excluding steroid dienone is 1. The highest BCUT2D eigenvalue weighted by Gasteiger charge is 2.14. The van der Waals surface area contributed by atoms with Crippen molar-refractivity contribution >= 4 is 47.1 Å². The average molecular weight is 314 g/mol. The quantitative estimate of drug-likeness (QED) is 0.460. The molecular weight excluding hydrogens is 303 g/mol. The molecule has 1 aromatic carbocycles. The number of ether oxygens (including phenoxy) is 1. The Bertz CT molecular complexity index is 575. The predicted octanol–water partition coefficient (Wildman–Crippen LogP) is 3.04. The molecule has 0 bridgehead atoms. The van der Waals surface area contributed by atoms with Gasteiger partial charge in [-0.05, 0) is 37.6 Å². The second kappa shape index (κ2) is 7.22. The Morgan fingerprint density at radius 2 is 1.80 bits per heavy atom. The summed E-state index contributed by atoms with van der Waals surface area (Å²) in [6.07, 6.45) is 2.93. The lowest BCUT2D eigenvalue weighted by atomic mass is 10.0. The molecule has 0 atom stereocenters. The first-order valence-corrected chi connectivity index (χ1v) is 6.33. The van der Waals surface area contributed by atoms with Crippen LogP contribution in [0, 0.1) is 0 Å². The first kappa shape index (κ1) is 16.4. The molecule has 1 aromatic rings. The number of carbonyl (C=O) groups excluding carboxylic acids is 3. The lowest BCUT2D eigenvalue weighted by molar-refractivity contribution is -0.119. The van der Waals surface area contributed by atoms with Gasteiger partial charge in [-0.2, -0.15) is 0 Å². The molecule has 0 aliphatic rings. The summed E-state index contributed by atoms with van der Waals surface area (Å²) in [4.78, 5) is 32.8. The Morgan fingerprint density at radius 3 is 2.30 bits per heavy atom. The van der Waals surface area contributed by atoms with Gasteiger partial charge in [0, 0.05) is 0 Å². The molecule has 0 unspecified atom stereocenters. The highest BCUT2D eigenvalue weighted by Crippen LogP contribution is 2.35. The molecule has 20 heavy (non-hydrogen) atoms. The van der Waals surface area contributed by atoms with E-state index in [2.05, 4.69) is 0 Å². The molecule has 1 radical (unpaired) electrons. The van der Waals surface area contributed by atoms with E-state index in [1.165, 1.54) is 26.0 Å². The van der Waals surface area contributed by atoms with E-state index >= 15 is 0 Å². The van der Waals surface area contributed by atoms with Crippen molar-refractivity contribution in [3.8, 4) is 5.75 Å². The van der Waals surface area contributed by atoms with E-state index in [0.29, 0.717) is 5.56 Å². The number of Topliss-reactive ketones (excluding diaryl/α,β-unsaturated/α-hetero) is 2. The van der Waals surface area contributed by atoms with Gasteiger partial charge >= 0.3 is 0 Å². The zero-order valence-corrected chi connectivity index (χ0v) is 12.3. The first-order chi connectivity index (χ1) is 9.38. The third-order valence-corrected chi connectivity index (χ3v) is 3.30. The molecule has 0 fully saturated rings. The van der Waals surface area contributed by atoms with Crippen molar-refractivity contribution in [2.75, 3.05) is 6.61 Å². The molecule has 0 heterocycles. The van der Waals surface area contributed by atoms with E-state index in [0.717, 1.165) is 0 Å². The normalized spacial score (nSPS) is 9.80. The molecular formula is C14H11Cl2O4. The van der Waals surface area contributed by atoms with E-state index in [1.807, 2.05) is 0 Å². The van der Waals surface area contributed by atoms with Crippen LogP contribution < -0.4 is 4.74 Å². The van der Waals surface area contributed by atoms with Crippen molar-refractivity contribution < 1.29 is 19.1 Å². The fourth-order valence-corrected chi connectivity index (χ4v) is 1.92. The van der Waals surface area contributed by atoms with Gasteiger partial charge in [-0.3, -0.25) is 14.4 Å². The Balaban J connectivity index is 3.24. The van der Waals surface area contributed by atoms with Crippen LogP contribution in [-0.2, 0) is 14.4 Å². The van der Waals surface area contributed by atoms with Crippen molar-refractivity contribution in [1.82, 2.24) is 0 Å². The highest BCUT2D eigenvalue weighted by molar-refractivity contribution is 6.44. The summed E-state index contributed by atoms with van der Waals surface area (Å²) in [7, 11) is 0. The fourth-order valence-electron chi connectivity index (χ4n) is 1.48. The monoisotopic (exact) mass is 313 g/mol. The van der Waals surface area contributed by atoms with Gasteiger partial charge in [0.15, 0.2) is 18.2 Å². The van der Waals surface area contributed by atoms with Gasteiger partial charge in [0.05, 0.1) is 10.6 Å². The Labute approximate surface area is 126 Å². The van der Waals surface area contributed by atoms with Crippen LogP contribution in [0.25, 0.3) is 6.08 Å².